The Morgan fingerprint density at radius 1 is 1.50 bits per heavy atom. The van der Waals surface area contributed by atoms with Crippen molar-refractivity contribution in [3.05, 3.63) is 35.1 Å². The van der Waals surface area contributed by atoms with Gasteiger partial charge in [-0.05, 0) is 49.3 Å². The molecule has 1 aliphatic rings. The van der Waals surface area contributed by atoms with Crippen LogP contribution in [0.25, 0.3) is 0 Å². The van der Waals surface area contributed by atoms with E-state index in [0.29, 0.717) is 11.8 Å². The minimum atomic E-state index is -0.275. The molecule has 0 aliphatic heterocycles. The largest absolute Gasteiger partial charge is 0.393 e. The number of rotatable bonds is 2. The van der Waals surface area contributed by atoms with Gasteiger partial charge < -0.3 is 5.11 Å². The molecule has 0 heterocycles. The predicted octanol–water partition coefficient (Wildman–Crippen LogP) is 2.62. The highest BCUT2D eigenvalue weighted by molar-refractivity contribution is 5.34. The lowest BCUT2D eigenvalue weighted by molar-refractivity contribution is 0.169. The molecule has 1 fully saturated rings. The molecule has 0 unspecified atom stereocenters. The molecule has 76 valence electrons. The quantitative estimate of drug-likeness (QED) is 0.767. The van der Waals surface area contributed by atoms with Crippen molar-refractivity contribution in [1.82, 2.24) is 0 Å². The first kappa shape index (κ1) is 9.66. The van der Waals surface area contributed by atoms with E-state index in [-0.39, 0.29) is 11.9 Å². The van der Waals surface area contributed by atoms with E-state index < -0.39 is 0 Å². The number of aliphatic hydroxyl groups is 1. The smallest absolute Gasteiger partial charge is 0.126 e. The highest BCUT2D eigenvalue weighted by atomic mass is 19.1. The fourth-order valence-corrected chi connectivity index (χ4v) is 2.13. The zero-order valence-electron chi connectivity index (χ0n) is 8.50. The van der Waals surface area contributed by atoms with E-state index in [9.17, 15) is 9.50 Å². The zero-order chi connectivity index (χ0) is 10.3. The molecule has 1 aliphatic carbocycles. The van der Waals surface area contributed by atoms with Gasteiger partial charge in [0.1, 0.15) is 5.82 Å². The predicted molar refractivity (Wildman–Crippen MR) is 53.7 cm³/mol. The van der Waals surface area contributed by atoms with Crippen LogP contribution in [0.3, 0.4) is 0 Å². The third-order valence-electron chi connectivity index (χ3n) is 3.17. The summed E-state index contributed by atoms with van der Waals surface area (Å²) in [5.74, 6) is 0.556. The third kappa shape index (κ3) is 1.55. The molecule has 1 saturated carbocycles. The summed E-state index contributed by atoms with van der Waals surface area (Å²) in [6.45, 7) is 3.61. The van der Waals surface area contributed by atoms with E-state index in [1.54, 1.807) is 13.0 Å². The Morgan fingerprint density at radius 3 is 2.79 bits per heavy atom. The average Bonchev–Trinajstić information content (AvgIpc) is 2.89. The summed E-state index contributed by atoms with van der Waals surface area (Å²) in [6, 6.07) is 5.19. The van der Waals surface area contributed by atoms with Crippen LogP contribution < -0.4 is 0 Å². The second kappa shape index (κ2) is 3.35. The molecule has 1 N–H and O–H groups in total. The van der Waals surface area contributed by atoms with Crippen LogP contribution in [0.15, 0.2) is 18.2 Å². The Hall–Kier alpha value is -0.890. The molecule has 0 amide bonds. The highest BCUT2D eigenvalue weighted by Crippen LogP contribution is 2.50. The van der Waals surface area contributed by atoms with Gasteiger partial charge in [-0.2, -0.15) is 0 Å². The second-order valence-corrected chi connectivity index (χ2v) is 4.20. The van der Waals surface area contributed by atoms with Crippen LogP contribution in [0, 0.1) is 18.7 Å². The molecule has 0 saturated heterocycles. The van der Waals surface area contributed by atoms with Gasteiger partial charge in [-0.3, -0.25) is 0 Å². The van der Waals surface area contributed by atoms with Gasteiger partial charge in [-0.25, -0.2) is 4.39 Å². The summed E-state index contributed by atoms with van der Waals surface area (Å²) in [4.78, 5) is 0. The van der Waals surface area contributed by atoms with Gasteiger partial charge in [0.05, 0.1) is 6.10 Å². The summed E-state index contributed by atoms with van der Waals surface area (Å²) in [6.07, 6.45) is 0.713. The number of hydrogen-bond acceptors (Lipinski definition) is 1. The fourth-order valence-electron chi connectivity index (χ4n) is 2.13. The van der Waals surface area contributed by atoms with Crippen molar-refractivity contribution >= 4 is 0 Å². The number of benzene rings is 1. The molecule has 1 aromatic carbocycles. The summed E-state index contributed by atoms with van der Waals surface area (Å²) < 4.78 is 13.2. The van der Waals surface area contributed by atoms with E-state index in [1.165, 1.54) is 6.07 Å². The summed E-state index contributed by atoms with van der Waals surface area (Å²) >= 11 is 0. The van der Waals surface area contributed by atoms with Crippen molar-refractivity contribution in [2.75, 3.05) is 0 Å². The maximum atomic E-state index is 13.2. The SMILES string of the molecule is Cc1c(F)cccc1[C@@H]1C[C@@H]1[C@@H](C)O. The Morgan fingerprint density at radius 2 is 2.21 bits per heavy atom. The second-order valence-electron chi connectivity index (χ2n) is 4.20. The van der Waals surface area contributed by atoms with Gasteiger partial charge in [0.25, 0.3) is 0 Å². The molecule has 1 aromatic rings. The summed E-state index contributed by atoms with van der Waals surface area (Å²) in [5, 5.41) is 9.39. The molecule has 3 atom stereocenters. The van der Waals surface area contributed by atoms with Gasteiger partial charge >= 0.3 is 0 Å². The summed E-state index contributed by atoms with van der Waals surface area (Å²) in [5.41, 5.74) is 1.80. The average molecular weight is 194 g/mol. The van der Waals surface area contributed by atoms with E-state index in [1.807, 2.05) is 13.0 Å². The molecule has 1 nitrogen and oxygen atoms in total. The van der Waals surface area contributed by atoms with Gasteiger partial charge in [0.15, 0.2) is 0 Å². The highest BCUT2D eigenvalue weighted by Gasteiger charge is 2.42. The Balaban J connectivity index is 2.23. The lowest BCUT2D eigenvalue weighted by atomic mass is 10.0. The fraction of sp³-hybridized carbons (Fsp3) is 0.500. The minimum absolute atomic E-state index is 0.140. The molecule has 0 bridgehead atoms. The van der Waals surface area contributed by atoms with Crippen molar-refractivity contribution in [3.8, 4) is 0 Å². The molecular formula is C12H15FO. The number of hydrogen-bond donors (Lipinski definition) is 1. The number of halogens is 1. The molecule has 0 radical (unpaired) electrons. The van der Waals surface area contributed by atoms with E-state index in [0.717, 1.165) is 17.5 Å². The molecular weight excluding hydrogens is 179 g/mol. The normalized spacial score (nSPS) is 27.4. The van der Waals surface area contributed by atoms with Gasteiger partial charge in [-0.1, -0.05) is 12.1 Å². The third-order valence-corrected chi connectivity index (χ3v) is 3.17. The van der Waals surface area contributed by atoms with Gasteiger partial charge in [-0.15, -0.1) is 0 Å². The Bertz CT molecular complexity index is 346. The van der Waals surface area contributed by atoms with E-state index >= 15 is 0 Å². The van der Waals surface area contributed by atoms with Gasteiger partial charge in [0, 0.05) is 0 Å². The molecule has 14 heavy (non-hydrogen) atoms. The van der Waals surface area contributed by atoms with Crippen molar-refractivity contribution in [3.63, 3.8) is 0 Å². The monoisotopic (exact) mass is 194 g/mol. The molecule has 2 heteroatoms. The topological polar surface area (TPSA) is 20.2 Å². The standard InChI is InChI=1S/C12H15FO/c1-7-9(4-3-5-12(7)13)11-6-10(11)8(2)14/h3-5,8,10-11,14H,6H2,1-2H3/t8-,10-,11+/m1/s1. The first-order chi connectivity index (χ1) is 6.61. The maximum Gasteiger partial charge on any atom is 0.126 e. The molecule has 2 rings (SSSR count). The van der Waals surface area contributed by atoms with Crippen LogP contribution in [0.5, 0.6) is 0 Å². The van der Waals surface area contributed by atoms with Crippen molar-refractivity contribution < 1.29 is 9.50 Å². The minimum Gasteiger partial charge on any atom is -0.393 e. The van der Waals surface area contributed by atoms with Crippen LogP contribution in [0.4, 0.5) is 4.39 Å². The van der Waals surface area contributed by atoms with E-state index in [2.05, 4.69) is 0 Å². The lowest BCUT2D eigenvalue weighted by Crippen LogP contribution is -2.04. The Labute approximate surface area is 83.6 Å². The lowest BCUT2D eigenvalue weighted by Gasteiger charge is -2.07. The first-order valence-corrected chi connectivity index (χ1v) is 5.04. The van der Waals surface area contributed by atoms with Crippen LogP contribution in [-0.4, -0.2) is 11.2 Å². The van der Waals surface area contributed by atoms with Crippen molar-refractivity contribution in [2.45, 2.75) is 32.3 Å². The van der Waals surface area contributed by atoms with Gasteiger partial charge in [0.2, 0.25) is 0 Å². The van der Waals surface area contributed by atoms with Crippen molar-refractivity contribution in [2.24, 2.45) is 5.92 Å². The zero-order valence-corrected chi connectivity index (χ0v) is 8.50. The van der Waals surface area contributed by atoms with Crippen LogP contribution >= 0.6 is 0 Å². The molecule has 0 aromatic heterocycles. The Kier molecular flexibility index (Phi) is 2.31. The molecule has 0 spiro atoms. The first-order valence-electron chi connectivity index (χ1n) is 5.04. The maximum absolute atomic E-state index is 13.2. The van der Waals surface area contributed by atoms with Crippen LogP contribution in [0.1, 0.15) is 30.4 Å². The number of aliphatic hydroxyl groups excluding tert-OH is 1. The van der Waals surface area contributed by atoms with Crippen LogP contribution in [0.2, 0.25) is 0 Å². The van der Waals surface area contributed by atoms with E-state index in [4.69, 9.17) is 0 Å². The van der Waals surface area contributed by atoms with Crippen LogP contribution in [-0.2, 0) is 0 Å². The van der Waals surface area contributed by atoms with Crippen molar-refractivity contribution in [1.29, 1.82) is 0 Å². The summed E-state index contributed by atoms with van der Waals surface area (Å²) in [7, 11) is 0.